The number of esters is 1. The van der Waals surface area contributed by atoms with Gasteiger partial charge >= 0.3 is 5.97 Å². The van der Waals surface area contributed by atoms with Crippen molar-refractivity contribution in [3.05, 3.63) is 23.8 Å². The van der Waals surface area contributed by atoms with E-state index in [1.807, 2.05) is 18.2 Å². The Labute approximate surface area is 135 Å². The Morgan fingerprint density at radius 1 is 1.22 bits per heavy atom. The smallest absolute Gasteiger partial charge is 0.306 e. The van der Waals surface area contributed by atoms with Gasteiger partial charge in [-0.2, -0.15) is 0 Å². The van der Waals surface area contributed by atoms with E-state index in [1.54, 1.807) is 0 Å². The molecule has 6 heteroatoms. The molecule has 1 heterocycles. The molecular formula is C17H21NO5. The number of methoxy groups -OCH3 is 1. The lowest BCUT2D eigenvalue weighted by Gasteiger charge is -2.23. The van der Waals surface area contributed by atoms with Gasteiger partial charge in [0.1, 0.15) is 13.2 Å². The fraction of sp³-hybridized carbons (Fsp3) is 0.529. The van der Waals surface area contributed by atoms with Gasteiger partial charge in [-0.05, 0) is 36.5 Å². The van der Waals surface area contributed by atoms with Crippen LogP contribution in [-0.2, 0) is 14.3 Å². The Balaban J connectivity index is 1.67. The summed E-state index contributed by atoms with van der Waals surface area (Å²) >= 11 is 0. The summed E-state index contributed by atoms with van der Waals surface area (Å²) < 4.78 is 15.7. The van der Waals surface area contributed by atoms with Crippen LogP contribution in [0.15, 0.2) is 18.2 Å². The minimum Gasteiger partial charge on any atom is -0.486 e. The lowest BCUT2D eigenvalue weighted by molar-refractivity contribution is -0.142. The summed E-state index contributed by atoms with van der Waals surface area (Å²) in [5.74, 6) is 1.40. The third-order valence-corrected chi connectivity index (χ3v) is 4.12. The first-order valence-electron chi connectivity index (χ1n) is 7.93. The zero-order valence-electron chi connectivity index (χ0n) is 13.2. The Morgan fingerprint density at radius 2 is 1.96 bits per heavy atom. The number of nitrogens with one attached hydrogen (secondary N) is 1. The lowest BCUT2D eigenvalue weighted by atomic mass is 10.0. The van der Waals surface area contributed by atoms with Crippen molar-refractivity contribution in [1.29, 1.82) is 0 Å². The lowest BCUT2D eigenvalue weighted by Crippen LogP contribution is -2.30. The fourth-order valence-corrected chi connectivity index (χ4v) is 2.72. The second-order valence-electron chi connectivity index (χ2n) is 5.86. The summed E-state index contributed by atoms with van der Waals surface area (Å²) in [6.45, 7) is 1.10. The minimum absolute atomic E-state index is 0.0454. The van der Waals surface area contributed by atoms with Crippen LogP contribution in [0.3, 0.4) is 0 Å². The van der Waals surface area contributed by atoms with Crippen LogP contribution in [0, 0.1) is 5.92 Å². The molecule has 1 unspecified atom stereocenters. The zero-order chi connectivity index (χ0) is 16.2. The van der Waals surface area contributed by atoms with Gasteiger partial charge in [-0.3, -0.25) is 9.59 Å². The first-order chi connectivity index (χ1) is 11.2. The number of rotatable bonds is 6. The standard InChI is InChI=1S/C17H21NO5/c1-21-16(20)7-6-15(19)18-17(11-2-3-11)12-4-5-13-14(10-12)23-9-8-22-13/h4-5,10-11,17H,2-3,6-9H2,1H3,(H,18,19). The molecule has 0 aromatic heterocycles. The number of carbonyl (C=O) groups excluding carboxylic acids is 2. The van der Waals surface area contributed by atoms with Crippen molar-refractivity contribution in [2.75, 3.05) is 20.3 Å². The van der Waals surface area contributed by atoms with Crippen molar-refractivity contribution in [2.24, 2.45) is 5.92 Å². The van der Waals surface area contributed by atoms with Crippen molar-refractivity contribution in [3.63, 3.8) is 0 Å². The van der Waals surface area contributed by atoms with Crippen LogP contribution in [-0.4, -0.2) is 32.2 Å². The summed E-state index contributed by atoms with van der Waals surface area (Å²) in [6.07, 6.45) is 2.42. The molecule has 1 aromatic rings. The van der Waals surface area contributed by atoms with E-state index in [4.69, 9.17) is 9.47 Å². The van der Waals surface area contributed by atoms with Crippen LogP contribution >= 0.6 is 0 Å². The van der Waals surface area contributed by atoms with Crippen LogP contribution in [0.25, 0.3) is 0 Å². The van der Waals surface area contributed by atoms with Crippen molar-refractivity contribution < 1.29 is 23.8 Å². The monoisotopic (exact) mass is 319 g/mol. The molecule has 23 heavy (non-hydrogen) atoms. The summed E-state index contributed by atoms with van der Waals surface area (Å²) in [7, 11) is 1.32. The Kier molecular flexibility index (Phi) is 4.69. The highest BCUT2D eigenvalue weighted by molar-refractivity contribution is 5.81. The highest BCUT2D eigenvalue weighted by Crippen LogP contribution is 2.43. The molecule has 1 aliphatic carbocycles. The molecule has 1 aliphatic heterocycles. The Bertz CT molecular complexity index is 597. The molecule has 1 fully saturated rings. The van der Waals surface area contributed by atoms with Crippen molar-refractivity contribution in [3.8, 4) is 11.5 Å². The van der Waals surface area contributed by atoms with E-state index in [0.717, 1.165) is 29.9 Å². The van der Waals surface area contributed by atoms with Crippen molar-refractivity contribution >= 4 is 11.9 Å². The Morgan fingerprint density at radius 3 is 2.65 bits per heavy atom. The maximum atomic E-state index is 12.1. The van der Waals surface area contributed by atoms with Gasteiger partial charge in [0, 0.05) is 6.42 Å². The summed E-state index contributed by atoms with van der Waals surface area (Å²) in [6, 6.07) is 5.76. The molecular weight excluding hydrogens is 298 g/mol. The van der Waals surface area contributed by atoms with Crippen LogP contribution in [0.4, 0.5) is 0 Å². The first kappa shape index (κ1) is 15.6. The average molecular weight is 319 g/mol. The van der Waals surface area contributed by atoms with E-state index in [1.165, 1.54) is 7.11 Å². The number of amides is 1. The third kappa shape index (κ3) is 3.94. The van der Waals surface area contributed by atoms with E-state index < -0.39 is 0 Å². The number of carbonyl (C=O) groups is 2. The number of hydrogen-bond acceptors (Lipinski definition) is 5. The summed E-state index contributed by atoms with van der Waals surface area (Å²) in [4.78, 5) is 23.2. The van der Waals surface area contributed by atoms with Crippen molar-refractivity contribution in [2.45, 2.75) is 31.7 Å². The van der Waals surface area contributed by atoms with Gasteiger partial charge in [0.25, 0.3) is 0 Å². The van der Waals surface area contributed by atoms with E-state index in [9.17, 15) is 9.59 Å². The van der Waals surface area contributed by atoms with Gasteiger partial charge in [-0.15, -0.1) is 0 Å². The SMILES string of the molecule is COC(=O)CCC(=O)NC(c1ccc2c(c1)OCCO2)C1CC1. The summed E-state index contributed by atoms with van der Waals surface area (Å²) in [5.41, 5.74) is 1.02. The zero-order valence-corrected chi connectivity index (χ0v) is 13.2. The molecule has 0 radical (unpaired) electrons. The van der Waals surface area contributed by atoms with Gasteiger partial charge in [0.05, 0.1) is 19.6 Å². The first-order valence-corrected chi connectivity index (χ1v) is 7.93. The second kappa shape index (κ2) is 6.89. The highest BCUT2D eigenvalue weighted by Gasteiger charge is 2.34. The van der Waals surface area contributed by atoms with Crippen LogP contribution in [0.5, 0.6) is 11.5 Å². The van der Waals surface area contributed by atoms with E-state index >= 15 is 0 Å². The fourth-order valence-electron chi connectivity index (χ4n) is 2.72. The molecule has 3 rings (SSSR count). The molecule has 0 saturated heterocycles. The van der Waals surface area contributed by atoms with Crippen LogP contribution < -0.4 is 14.8 Å². The number of benzene rings is 1. The number of hydrogen-bond donors (Lipinski definition) is 1. The molecule has 1 amide bonds. The molecule has 0 bridgehead atoms. The maximum absolute atomic E-state index is 12.1. The molecule has 124 valence electrons. The van der Waals surface area contributed by atoms with Gasteiger partial charge < -0.3 is 19.5 Å². The number of fused-ring (bicyclic) bond motifs is 1. The van der Waals surface area contributed by atoms with Gasteiger partial charge in [0.2, 0.25) is 5.91 Å². The van der Waals surface area contributed by atoms with Crippen molar-refractivity contribution in [1.82, 2.24) is 5.32 Å². The molecule has 1 N–H and O–H groups in total. The quantitative estimate of drug-likeness (QED) is 0.812. The molecule has 2 aliphatic rings. The predicted molar refractivity (Wildman–Crippen MR) is 82.3 cm³/mol. The predicted octanol–water partition coefficient (Wildman–Crippen LogP) is 1.98. The van der Waals surface area contributed by atoms with Gasteiger partial charge in [-0.25, -0.2) is 0 Å². The molecule has 1 atom stereocenters. The second-order valence-corrected chi connectivity index (χ2v) is 5.86. The van der Waals surface area contributed by atoms with Crippen LogP contribution in [0.2, 0.25) is 0 Å². The van der Waals surface area contributed by atoms with E-state index in [0.29, 0.717) is 19.1 Å². The van der Waals surface area contributed by atoms with E-state index in [2.05, 4.69) is 10.1 Å². The topological polar surface area (TPSA) is 73.9 Å². The molecule has 1 aromatic carbocycles. The maximum Gasteiger partial charge on any atom is 0.306 e. The van der Waals surface area contributed by atoms with Crippen LogP contribution in [0.1, 0.15) is 37.3 Å². The number of ether oxygens (including phenoxy) is 3. The highest BCUT2D eigenvalue weighted by atomic mass is 16.6. The third-order valence-electron chi connectivity index (χ3n) is 4.12. The van der Waals surface area contributed by atoms with E-state index in [-0.39, 0.29) is 30.8 Å². The average Bonchev–Trinajstić information content (AvgIpc) is 3.42. The summed E-state index contributed by atoms with van der Waals surface area (Å²) in [5, 5.41) is 3.04. The molecule has 1 saturated carbocycles. The normalized spacial score (nSPS) is 17.3. The molecule has 6 nitrogen and oxygen atoms in total. The van der Waals surface area contributed by atoms with Gasteiger partial charge in [0.15, 0.2) is 11.5 Å². The Hall–Kier alpha value is -2.24. The molecule has 0 spiro atoms. The largest absolute Gasteiger partial charge is 0.486 e. The van der Waals surface area contributed by atoms with Gasteiger partial charge in [-0.1, -0.05) is 6.07 Å². The minimum atomic E-state index is -0.373.